The number of halogens is 1. The van der Waals surface area contributed by atoms with E-state index < -0.39 is 22.5 Å². The number of methoxy groups -OCH3 is 1. The fourth-order valence-corrected chi connectivity index (χ4v) is 4.13. The van der Waals surface area contributed by atoms with Gasteiger partial charge in [-0.3, -0.25) is 9.10 Å². The van der Waals surface area contributed by atoms with E-state index in [9.17, 15) is 13.2 Å². The Morgan fingerprint density at radius 2 is 1.79 bits per heavy atom. The van der Waals surface area contributed by atoms with Crippen molar-refractivity contribution in [3.8, 4) is 0 Å². The van der Waals surface area contributed by atoms with E-state index in [-0.39, 0.29) is 15.6 Å². The lowest BCUT2D eigenvalue weighted by Crippen LogP contribution is -2.36. The zero-order valence-electron chi connectivity index (χ0n) is 13.1. The van der Waals surface area contributed by atoms with Crippen LogP contribution >= 0.6 is 23.4 Å². The highest BCUT2D eigenvalue weighted by Crippen LogP contribution is 2.30. The minimum Gasteiger partial charge on any atom is -0.468 e. The van der Waals surface area contributed by atoms with Crippen LogP contribution in [0.25, 0.3) is 0 Å². The summed E-state index contributed by atoms with van der Waals surface area (Å²) in [5, 5.41) is 0.228. The first-order valence-corrected chi connectivity index (χ1v) is 9.92. The molecule has 8 heteroatoms. The largest absolute Gasteiger partial charge is 0.468 e. The van der Waals surface area contributed by atoms with Gasteiger partial charge >= 0.3 is 5.97 Å². The van der Waals surface area contributed by atoms with Crippen LogP contribution in [0.15, 0.2) is 58.3 Å². The van der Waals surface area contributed by atoms with E-state index >= 15 is 0 Å². The lowest BCUT2D eigenvalue weighted by atomic mass is 10.3. The number of hydrogen-bond acceptors (Lipinski definition) is 5. The third kappa shape index (κ3) is 4.03. The normalized spacial score (nSPS) is 11.1. The molecule has 0 bridgehead atoms. The van der Waals surface area contributed by atoms with E-state index in [2.05, 4.69) is 4.74 Å². The predicted molar refractivity (Wildman–Crippen MR) is 96.2 cm³/mol. The van der Waals surface area contributed by atoms with E-state index in [0.717, 1.165) is 9.20 Å². The number of rotatable bonds is 6. The highest BCUT2D eigenvalue weighted by molar-refractivity contribution is 7.98. The topological polar surface area (TPSA) is 63.7 Å². The highest BCUT2D eigenvalue weighted by Gasteiger charge is 2.28. The first kappa shape index (κ1) is 18.6. The van der Waals surface area contributed by atoms with Crippen LogP contribution in [0.3, 0.4) is 0 Å². The molecule has 0 aliphatic rings. The molecule has 5 nitrogen and oxygen atoms in total. The van der Waals surface area contributed by atoms with Gasteiger partial charge < -0.3 is 4.74 Å². The Morgan fingerprint density at radius 3 is 2.33 bits per heavy atom. The van der Waals surface area contributed by atoms with Crippen LogP contribution in [0.5, 0.6) is 0 Å². The summed E-state index contributed by atoms with van der Waals surface area (Å²) in [6, 6.07) is 12.9. The molecule has 0 fully saturated rings. The van der Waals surface area contributed by atoms with Crippen molar-refractivity contribution in [1.82, 2.24) is 0 Å². The van der Waals surface area contributed by atoms with E-state index in [1.807, 2.05) is 6.26 Å². The van der Waals surface area contributed by atoms with Crippen LogP contribution in [0.4, 0.5) is 5.69 Å². The van der Waals surface area contributed by atoms with Crippen molar-refractivity contribution in [2.24, 2.45) is 0 Å². The summed E-state index contributed by atoms with van der Waals surface area (Å²) in [7, 11) is -2.77. The molecule has 0 spiro atoms. The maximum atomic E-state index is 13.0. The van der Waals surface area contributed by atoms with E-state index in [4.69, 9.17) is 11.6 Å². The SMILES string of the molecule is COC(=O)CN(c1ccccc1Cl)S(=O)(=O)c1ccc(SC)cc1. The number of para-hydroxylation sites is 1. The van der Waals surface area contributed by atoms with Crippen LogP contribution in [-0.4, -0.2) is 34.3 Å². The summed E-state index contributed by atoms with van der Waals surface area (Å²) in [6.45, 7) is -0.465. The zero-order chi connectivity index (χ0) is 17.7. The number of benzene rings is 2. The molecule has 0 amide bonds. The van der Waals surface area contributed by atoms with Crippen LogP contribution in [0.2, 0.25) is 5.02 Å². The molecular weight excluding hydrogens is 370 g/mol. The smallest absolute Gasteiger partial charge is 0.326 e. The maximum absolute atomic E-state index is 13.0. The van der Waals surface area contributed by atoms with Crippen molar-refractivity contribution in [3.05, 3.63) is 53.6 Å². The molecule has 0 aliphatic heterocycles. The van der Waals surface area contributed by atoms with Crippen molar-refractivity contribution >= 4 is 45.0 Å². The number of hydrogen-bond donors (Lipinski definition) is 0. The van der Waals surface area contributed by atoms with E-state index in [1.165, 1.54) is 31.0 Å². The fraction of sp³-hybridized carbons (Fsp3) is 0.188. The number of esters is 1. The summed E-state index contributed by atoms with van der Waals surface area (Å²) in [6.07, 6.45) is 1.90. The highest BCUT2D eigenvalue weighted by atomic mass is 35.5. The Labute approximate surface area is 150 Å². The molecule has 2 aromatic rings. The van der Waals surface area contributed by atoms with Crippen molar-refractivity contribution in [1.29, 1.82) is 0 Å². The van der Waals surface area contributed by atoms with Gasteiger partial charge in [0, 0.05) is 4.90 Å². The minimum absolute atomic E-state index is 0.0733. The molecule has 0 N–H and O–H groups in total. The van der Waals surface area contributed by atoms with Crippen molar-refractivity contribution in [2.75, 3.05) is 24.2 Å². The summed E-state index contributed by atoms with van der Waals surface area (Å²) < 4.78 is 31.5. The minimum atomic E-state index is -3.97. The number of ether oxygens (including phenoxy) is 1. The Morgan fingerprint density at radius 1 is 1.17 bits per heavy atom. The van der Waals surface area contributed by atoms with Crippen LogP contribution in [-0.2, 0) is 19.6 Å². The Bertz CT molecular complexity index is 822. The Kier molecular flexibility index (Phi) is 6.15. The number of carbonyl (C=O) groups is 1. The summed E-state index contributed by atoms with van der Waals surface area (Å²) >= 11 is 7.63. The molecular formula is C16H16ClNO4S2. The van der Waals surface area contributed by atoms with E-state index in [0.29, 0.717) is 0 Å². The molecule has 0 aliphatic carbocycles. The summed E-state index contributed by atoms with van der Waals surface area (Å²) in [5.41, 5.74) is 0.221. The lowest BCUT2D eigenvalue weighted by molar-refractivity contribution is -0.138. The Hall–Kier alpha value is -1.70. The molecule has 0 unspecified atom stereocenters. The summed E-state index contributed by atoms with van der Waals surface area (Å²) in [5.74, 6) is -0.681. The molecule has 0 heterocycles. The molecule has 128 valence electrons. The molecule has 0 saturated heterocycles. The van der Waals surface area contributed by atoms with Gasteiger partial charge in [-0.25, -0.2) is 8.42 Å². The van der Waals surface area contributed by atoms with Gasteiger partial charge in [-0.1, -0.05) is 23.7 Å². The summed E-state index contributed by atoms with van der Waals surface area (Å²) in [4.78, 5) is 12.7. The molecule has 0 aromatic heterocycles. The van der Waals surface area contributed by atoms with Gasteiger partial charge in [-0.05, 0) is 42.7 Å². The van der Waals surface area contributed by atoms with Gasteiger partial charge in [0.1, 0.15) is 6.54 Å². The number of sulfonamides is 1. The van der Waals surface area contributed by atoms with Crippen molar-refractivity contribution in [2.45, 2.75) is 9.79 Å². The monoisotopic (exact) mass is 385 g/mol. The maximum Gasteiger partial charge on any atom is 0.326 e. The number of carbonyl (C=O) groups excluding carboxylic acids is 1. The third-order valence-electron chi connectivity index (χ3n) is 3.27. The van der Waals surface area contributed by atoms with Gasteiger partial charge in [0.05, 0.1) is 22.7 Å². The fourth-order valence-electron chi connectivity index (χ4n) is 2.01. The number of nitrogens with zero attached hydrogens (tertiary/aromatic N) is 1. The molecule has 0 atom stereocenters. The molecule has 2 rings (SSSR count). The standard InChI is InChI=1S/C16H16ClNO4S2/c1-22-16(19)11-18(15-6-4-3-5-14(15)17)24(20,21)13-9-7-12(23-2)8-10-13/h3-10H,11H2,1-2H3. The molecule has 0 saturated carbocycles. The van der Waals surface area contributed by atoms with E-state index in [1.54, 1.807) is 36.4 Å². The number of thioether (sulfide) groups is 1. The molecule has 2 aromatic carbocycles. The zero-order valence-corrected chi connectivity index (χ0v) is 15.5. The Balaban J connectivity index is 2.52. The van der Waals surface area contributed by atoms with Gasteiger partial charge in [-0.15, -0.1) is 11.8 Å². The second kappa shape index (κ2) is 7.92. The van der Waals surface area contributed by atoms with Crippen molar-refractivity contribution < 1.29 is 17.9 Å². The second-order valence-electron chi connectivity index (χ2n) is 4.71. The average molecular weight is 386 g/mol. The second-order valence-corrected chi connectivity index (χ2v) is 7.86. The van der Waals surface area contributed by atoms with Crippen LogP contribution < -0.4 is 4.31 Å². The van der Waals surface area contributed by atoms with Gasteiger partial charge in [0.2, 0.25) is 0 Å². The molecule has 0 radical (unpaired) electrons. The van der Waals surface area contributed by atoms with Gasteiger partial charge in [0.25, 0.3) is 10.0 Å². The number of anilines is 1. The quantitative estimate of drug-likeness (QED) is 0.563. The van der Waals surface area contributed by atoms with Crippen molar-refractivity contribution in [3.63, 3.8) is 0 Å². The van der Waals surface area contributed by atoms with Gasteiger partial charge in [-0.2, -0.15) is 0 Å². The molecule has 24 heavy (non-hydrogen) atoms. The first-order chi connectivity index (χ1) is 11.4. The van der Waals surface area contributed by atoms with Crippen LogP contribution in [0, 0.1) is 0 Å². The van der Waals surface area contributed by atoms with Crippen LogP contribution in [0.1, 0.15) is 0 Å². The lowest BCUT2D eigenvalue weighted by Gasteiger charge is -2.24. The average Bonchev–Trinajstić information content (AvgIpc) is 2.60. The third-order valence-corrected chi connectivity index (χ3v) is 6.11. The predicted octanol–water partition coefficient (Wildman–Crippen LogP) is 3.43. The first-order valence-electron chi connectivity index (χ1n) is 6.88. The van der Waals surface area contributed by atoms with Gasteiger partial charge in [0.15, 0.2) is 0 Å².